The minimum absolute atomic E-state index is 0.0370. The van der Waals surface area contributed by atoms with Crippen molar-refractivity contribution < 1.29 is 4.42 Å². The van der Waals surface area contributed by atoms with Gasteiger partial charge in [0.15, 0.2) is 5.96 Å². The van der Waals surface area contributed by atoms with Crippen LogP contribution >= 0.6 is 0 Å². The summed E-state index contributed by atoms with van der Waals surface area (Å²) in [5.41, 5.74) is 1.37. The molecule has 1 aliphatic rings. The standard InChI is InChI=1S/C25H40N6O/c1-5-26-24(29-19-23-28-18-22(32-23)25(2,3)4)27-12-9-13-30-14-16-31(17-15-30)20-21-10-7-6-8-11-21/h6-8,10-11,18H,5,9,12-17,19-20H2,1-4H3,(H2,26,27,29). The van der Waals surface area contributed by atoms with Crippen molar-refractivity contribution in [3.05, 3.63) is 53.7 Å². The second-order valence-electron chi connectivity index (χ2n) is 9.45. The number of aromatic nitrogens is 1. The lowest BCUT2D eigenvalue weighted by molar-refractivity contribution is 0.126. The van der Waals surface area contributed by atoms with Crippen molar-refractivity contribution >= 4 is 5.96 Å². The summed E-state index contributed by atoms with van der Waals surface area (Å²) in [4.78, 5) is 14.1. The molecule has 7 heteroatoms. The largest absolute Gasteiger partial charge is 0.443 e. The summed E-state index contributed by atoms with van der Waals surface area (Å²) in [6.45, 7) is 17.3. The molecule has 1 aliphatic heterocycles. The number of nitrogens with one attached hydrogen (secondary N) is 2. The maximum absolute atomic E-state index is 5.84. The summed E-state index contributed by atoms with van der Waals surface area (Å²) in [5.74, 6) is 2.36. The molecule has 0 bridgehead atoms. The molecule has 2 heterocycles. The molecule has 1 aromatic carbocycles. The zero-order valence-corrected chi connectivity index (χ0v) is 20.2. The zero-order chi connectivity index (χ0) is 22.8. The molecular weight excluding hydrogens is 400 g/mol. The van der Waals surface area contributed by atoms with Gasteiger partial charge < -0.3 is 20.0 Å². The number of hydrogen-bond acceptors (Lipinski definition) is 5. The van der Waals surface area contributed by atoms with Gasteiger partial charge in [-0.2, -0.15) is 0 Å². The third-order valence-electron chi connectivity index (χ3n) is 5.67. The number of aliphatic imine (C=N–C) groups is 1. The molecule has 3 rings (SSSR count). The Balaban J connectivity index is 1.35. The van der Waals surface area contributed by atoms with E-state index in [2.05, 4.69) is 88.4 Å². The Kier molecular flexibility index (Phi) is 9.11. The van der Waals surface area contributed by atoms with Crippen molar-refractivity contribution in [1.29, 1.82) is 0 Å². The van der Waals surface area contributed by atoms with Crippen LogP contribution in [0, 0.1) is 0 Å². The predicted octanol–water partition coefficient (Wildman–Crippen LogP) is 3.24. The number of guanidine groups is 1. The average molecular weight is 441 g/mol. The Hall–Kier alpha value is -2.38. The number of hydrogen-bond donors (Lipinski definition) is 2. The van der Waals surface area contributed by atoms with Crippen LogP contribution < -0.4 is 10.6 Å². The second-order valence-corrected chi connectivity index (χ2v) is 9.45. The van der Waals surface area contributed by atoms with E-state index in [9.17, 15) is 0 Å². The van der Waals surface area contributed by atoms with E-state index in [4.69, 9.17) is 4.42 Å². The summed E-state index contributed by atoms with van der Waals surface area (Å²) in [6.07, 6.45) is 2.90. The molecule has 32 heavy (non-hydrogen) atoms. The highest BCUT2D eigenvalue weighted by molar-refractivity contribution is 5.79. The molecule has 0 aliphatic carbocycles. The molecule has 2 N–H and O–H groups in total. The quantitative estimate of drug-likeness (QED) is 0.354. The Bertz CT molecular complexity index is 818. The first kappa shape index (κ1) is 24.3. The molecule has 0 amide bonds. The zero-order valence-electron chi connectivity index (χ0n) is 20.2. The molecular formula is C25H40N6O. The van der Waals surface area contributed by atoms with Crippen LogP contribution in [0.25, 0.3) is 0 Å². The van der Waals surface area contributed by atoms with Gasteiger partial charge in [-0.3, -0.25) is 4.90 Å². The number of oxazole rings is 1. The van der Waals surface area contributed by atoms with Crippen molar-refractivity contribution in [1.82, 2.24) is 25.4 Å². The Morgan fingerprint density at radius 2 is 1.78 bits per heavy atom. The van der Waals surface area contributed by atoms with Crippen LogP contribution in [0.15, 0.2) is 45.9 Å². The smallest absolute Gasteiger partial charge is 0.216 e. The summed E-state index contributed by atoms with van der Waals surface area (Å²) in [6, 6.07) is 10.8. The first-order chi connectivity index (χ1) is 15.4. The lowest BCUT2D eigenvalue weighted by Crippen LogP contribution is -2.46. The van der Waals surface area contributed by atoms with Crippen LogP contribution in [-0.4, -0.2) is 66.6 Å². The summed E-state index contributed by atoms with van der Waals surface area (Å²) in [5, 5.41) is 6.75. The van der Waals surface area contributed by atoms with E-state index in [1.807, 2.05) is 6.20 Å². The van der Waals surface area contributed by atoms with Crippen molar-refractivity contribution in [2.24, 2.45) is 4.99 Å². The van der Waals surface area contributed by atoms with Crippen LogP contribution in [-0.2, 0) is 18.5 Å². The van der Waals surface area contributed by atoms with Gasteiger partial charge in [-0.05, 0) is 25.5 Å². The van der Waals surface area contributed by atoms with Crippen molar-refractivity contribution in [3.63, 3.8) is 0 Å². The SMILES string of the molecule is CCNC(=NCc1ncc(C(C)(C)C)o1)NCCCN1CCN(Cc2ccccc2)CC1. The maximum Gasteiger partial charge on any atom is 0.216 e. The van der Waals surface area contributed by atoms with Crippen molar-refractivity contribution in [3.8, 4) is 0 Å². The molecule has 0 spiro atoms. The first-order valence-electron chi connectivity index (χ1n) is 11.9. The molecule has 0 saturated carbocycles. The van der Waals surface area contributed by atoms with Gasteiger partial charge >= 0.3 is 0 Å². The molecule has 0 unspecified atom stereocenters. The molecule has 7 nitrogen and oxygen atoms in total. The van der Waals surface area contributed by atoms with Gasteiger partial charge in [-0.1, -0.05) is 51.1 Å². The summed E-state index contributed by atoms with van der Waals surface area (Å²) < 4.78 is 5.84. The lowest BCUT2D eigenvalue weighted by atomic mass is 9.94. The van der Waals surface area contributed by atoms with E-state index in [0.29, 0.717) is 12.4 Å². The number of benzene rings is 1. The number of nitrogens with zero attached hydrogens (tertiary/aromatic N) is 4. The Morgan fingerprint density at radius 3 is 2.44 bits per heavy atom. The summed E-state index contributed by atoms with van der Waals surface area (Å²) >= 11 is 0. The van der Waals surface area contributed by atoms with Gasteiger partial charge in [0, 0.05) is 51.2 Å². The van der Waals surface area contributed by atoms with E-state index < -0.39 is 0 Å². The molecule has 2 aromatic rings. The van der Waals surface area contributed by atoms with E-state index in [1.165, 1.54) is 5.56 Å². The molecule has 1 fully saturated rings. The van der Waals surface area contributed by atoms with Gasteiger partial charge in [0.05, 0.1) is 6.20 Å². The molecule has 1 aromatic heterocycles. The highest BCUT2D eigenvalue weighted by Gasteiger charge is 2.19. The molecule has 176 valence electrons. The molecule has 0 radical (unpaired) electrons. The van der Waals surface area contributed by atoms with Crippen LogP contribution in [0.3, 0.4) is 0 Å². The third kappa shape index (κ3) is 7.95. The fourth-order valence-electron chi connectivity index (χ4n) is 3.74. The first-order valence-corrected chi connectivity index (χ1v) is 11.9. The number of piperazine rings is 1. The van der Waals surface area contributed by atoms with Gasteiger partial charge in [0.1, 0.15) is 12.3 Å². The van der Waals surface area contributed by atoms with Gasteiger partial charge in [-0.25, -0.2) is 9.98 Å². The summed E-state index contributed by atoms with van der Waals surface area (Å²) in [7, 11) is 0. The Labute approximate surface area is 193 Å². The van der Waals surface area contributed by atoms with E-state index >= 15 is 0 Å². The predicted molar refractivity (Wildman–Crippen MR) is 131 cm³/mol. The average Bonchev–Trinajstić information content (AvgIpc) is 3.26. The monoisotopic (exact) mass is 440 g/mol. The van der Waals surface area contributed by atoms with Crippen LogP contribution in [0.2, 0.25) is 0 Å². The van der Waals surface area contributed by atoms with Crippen molar-refractivity contribution in [2.75, 3.05) is 45.8 Å². The minimum atomic E-state index is -0.0370. The normalized spacial score (nSPS) is 16.3. The highest BCUT2D eigenvalue weighted by Crippen LogP contribution is 2.22. The van der Waals surface area contributed by atoms with Crippen LogP contribution in [0.1, 0.15) is 51.3 Å². The van der Waals surface area contributed by atoms with Gasteiger partial charge in [0.2, 0.25) is 5.89 Å². The van der Waals surface area contributed by atoms with Gasteiger partial charge in [-0.15, -0.1) is 0 Å². The fourth-order valence-corrected chi connectivity index (χ4v) is 3.74. The van der Waals surface area contributed by atoms with E-state index in [1.54, 1.807) is 0 Å². The van der Waals surface area contributed by atoms with Crippen molar-refractivity contribution in [2.45, 2.75) is 52.6 Å². The van der Waals surface area contributed by atoms with Crippen LogP contribution in [0.4, 0.5) is 0 Å². The second kappa shape index (κ2) is 12.0. The Morgan fingerprint density at radius 1 is 1.06 bits per heavy atom. The fraction of sp³-hybridized carbons (Fsp3) is 0.600. The lowest BCUT2D eigenvalue weighted by Gasteiger charge is -2.34. The van der Waals surface area contributed by atoms with Gasteiger partial charge in [0.25, 0.3) is 0 Å². The van der Waals surface area contributed by atoms with E-state index in [0.717, 1.165) is 70.5 Å². The topological polar surface area (TPSA) is 68.9 Å². The highest BCUT2D eigenvalue weighted by atomic mass is 16.4. The molecule has 0 atom stereocenters. The minimum Gasteiger partial charge on any atom is -0.443 e. The number of rotatable bonds is 9. The van der Waals surface area contributed by atoms with E-state index in [-0.39, 0.29) is 5.41 Å². The molecule has 1 saturated heterocycles. The maximum atomic E-state index is 5.84. The van der Waals surface area contributed by atoms with Crippen LogP contribution in [0.5, 0.6) is 0 Å². The third-order valence-corrected chi connectivity index (χ3v) is 5.67.